The van der Waals surface area contributed by atoms with Gasteiger partial charge in [-0.15, -0.1) is 11.3 Å². The second-order valence-corrected chi connectivity index (χ2v) is 8.71. The highest BCUT2D eigenvalue weighted by molar-refractivity contribution is 7.09. The van der Waals surface area contributed by atoms with Crippen LogP contribution in [0.2, 0.25) is 5.02 Å². The molecule has 0 radical (unpaired) electrons. The molecule has 0 aliphatic carbocycles. The van der Waals surface area contributed by atoms with Crippen LogP contribution in [0.4, 0.5) is 0 Å². The summed E-state index contributed by atoms with van der Waals surface area (Å²) in [5.74, 6) is 0.656. The smallest absolute Gasteiger partial charge is 0.266 e. The van der Waals surface area contributed by atoms with E-state index < -0.39 is 5.60 Å². The van der Waals surface area contributed by atoms with Crippen LogP contribution in [0.15, 0.2) is 41.8 Å². The van der Waals surface area contributed by atoms with Crippen LogP contribution in [0.25, 0.3) is 0 Å². The van der Waals surface area contributed by atoms with E-state index in [4.69, 9.17) is 21.1 Å². The maximum atomic E-state index is 13.4. The summed E-state index contributed by atoms with van der Waals surface area (Å²) in [4.78, 5) is 16.7. The number of carbonyl (C=O) groups is 1. The summed E-state index contributed by atoms with van der Waals surface area (Å²) < 4.78 is 11.5. The van der Waals surface area contributed by atoms with Crippen molar-refractivity contribution in [2.75, 3.05) is 19.8 Å². The topological polar surface area (TPSA) is 38.8 Å². The summed E-state index contributed by atoms with van der Waals surface area (Å²) >= 11 is 7.67. The second kappa shape index (κ2) is 9.09. The highest BCUT2D eigenvalue weighted by atomic mass is 35.5. The average Bonchev–Trinajstić information content (AvgIpc) is 3.18. The van der Waals surface area contributed by atoms with E-state index in [0.717, 1.165) is 19.3 Å². The Bertz CT molecular complexity index is 724. The molecule has 0 atom stereocenters. The summed E-state index contributed by atoms with van der Waals surface area (Å²) in [6, 6.07) is 11.5. The summed E-state index contributed by atoms with van der Waals surface area (Å²) in [7, 11) is 0. The fraction of sp³-hybridized carbons (Fsp3) is 0.476. The highest BCUT2D eigenvalue weighted by Gasteiger charge is 2.37. The fourth-order valence-corrected chi connectivity index (χ4v) is 4.14. The molecule has 0 saturated carbocycles. The highest BCUT2D eigenvalue weighted by Crippen LogP contribution is 2.25. The van der Waals surface area contributed by atoms with E-state index in [1.165, 1.54) is 4.88 Å². The Balaban J connectivity index is 1.73. The van der Waals surface area contributed by atoms with Crippen LogP contribution in [0.5, 0.6) is 5.75 Å². The largest absolute Gasteiger partial charge is 0.478 e. The molecule has 0 spiro atoms. The van der Waals surface area contributed by atoms with E-state index in [0.29, 0.717) is 30.5 Å². The van der Waals surface area contributed by atoms with Crippen molar-refractivity contribution in [3.63, 3.8) is 0 Å². The van der Waals surface area contributed by atoms with Crippen molar-refractivity contribution in [1.29, 1.82) is 0 Å². The lowest BCUT2D eigenvalue weighted by Crippen LogP contribution is -2.54. The Morgan fingerprint density at radius 2 is 1.96 bits per heavy atom. The van der Waals surface area contributed by atoms with Gasteiger partial charge in [-0.2, -0.15) is 0 Å². The molecule has 27 heavy (non-hydrogen) atoms. The number of rotatable bonds is 7. The van der Waals surface area contributed by atoms with Crippen molar-refractivity contribution in [1.82, 2.24) is 4.90 Å². The minimum atomic E-state index is -0.957. The van der Waals surface area contributed by atoms with E-state index in [1.54, 1.807) is 35.6 Å². The number of thiophene rings is 1. The number of ether oxygens (including phenoxy) is 2. The molecule has 1 aromatic carbocycles. The third-order valence-electron chi connectivity index (χ3n) is 4.77. The molecule has 0 bridgehead atoms. The zero-order valence-electron chi connectivity index (χ0n) is 15.8. The van der Waals surface area contributed by atoms with E-state index in [-0.39, 0.29) is 11.9 Å². The Hall–Kier alpha value is -1.56. The third-order valence-corrected chi connectivity index (χ3v) is 5.96. The molecule has 4 nitrogen and oxygen atoms in total. The van der Waals surface area contributed by atoms with Crippen LogP contribution < -0.4 is 4.74 Å². The molecule has 1 aliphatic rings. The molecule has 1 amide bonds. The Morgan fingerprint density at radius 1 is 1.26 bits per heavy atom. The second-order valence-electron chi connectivity index (χ2n) is 7.24. The number of hydrogen-bond acceptors (Lipinski definition) is 4. The van der Waals surface area contributed by atoms with Gasteiger partial charge in [0.2, 0.25) is 0 Å². The first kappa shape index (κ1) is 20.2. The molecule has 1 saturated heterocycles. The first-order chi connectivity index (χ1) is 13.0. The Kier molecular flexibility index (Phi) is 6.79. The zero-order valence-corrected chi connectivity index (χ0v) is 17.4. The first-order valence-corrected chi connectivity index (χ1v) is 10.6. The van der Waals surface area contributed by atoms with Crippen molar-refractivity contribution >= 4 is 28.8 Å². The van der Waals surface area contributed by atoms with Gasteiger partial charge in [0.25, 0.3) is 5.91 Å². The summed E-state index contributed by atoms with van der Waals surface area (Å²) in [5, 5.41) is 2.72. The minimum absolute atomic E-state index is 0.0147. The molecule has 146 valence electrons. The molecular weight excluding hydrogens is 382 g/mol. The van der Waals surface area contributed by atoms with Crippen LogP contribution in [0.1, 0.15) is 31.6 Å². The Morgan fingerprint density at radius 3 is 2.59 bits per heavy atom. The van der Waals surface area contributed by atoms with Crippen LogP contribution >= 0.6 is 22.9 Å². The zero-order chi connectivity index (χ0) is 19.3. The van der Waals surface area contributed by atoms with E-state index in [9.17, 15) is 4.79 Å². The van der Waals surface area contributed by atoms with Gasteiger partial charge in [-0.05, 0) is 68.8 Å². The van der Waals surface area contributed by atoms with Gasteiger partial charge >= 0.3 is 0 Å². The summed E-state index contributed by atoms with van der Waals surface area (Å²) in [5.41, 5.74) is -0.957. The van der Waals surface area contributed by atoms with Gasteiger partial charge in [-0.25, -0.2) is 0 Å². The lowest BCUT2D eigenvalue weighted by molar-refractivity contribution is -0.149. The van der Waals surface area contributed by atoms with Crippen LogP contribution in [-0.2, 0) is 16.0 Å². The lowest BCUT2D eigenvalue weighted by atomic mass is 10.0. The molecule has 6 heteroatoms. The number of benzene rings is 1. The van der Waals surface area contributed by atoms with Crippen LogP contribution in [0.3, 0.4) is 0 Å². The standard InChI is InChI=1S/C21H26ClNO3S/c1-21(2,26-18-7-5-16(22)6-8-18)20(24)23(17-10-13-25-14-11-17)12-9-19-4-3-15-27-19/h3-8,15,17H,9-14H2,1-2H3. The van der Waals surface area contributed by atoms with Crippen molar-refractivity contribution in [3.05, 3.63) is 51.7 Å². The fourth-order valence-electron chi connectivity index (χ4n) is 3.32. The van der Waals surface area contributed by atoms with Gasteiger partial charge < -0.3 is 14.4 Å². The number of amides is 1. The average molecular weight is 408 g/mol. The van der Waals surface area contributed by atoms with Gasteiger partial charge in [0.1, 0.15) is 5.75 Å². The minimum Gasteiger partial charge on any atom is -0.478 e. The van der Waals surface area contributed by atoms with Gasteiger partial charge in [0.15, 0.2) is 5.60 Å². The van der Waals surface area contributed by atoms with Gasteiger partial charge in [-0.1, -0.05) is 17.7 Å². The van der Waals surface area contributed by atoms with Crippen molar-refractivity contribution in [2.45, 2.75) is 44.8 Å². The monoisotopic (exact) mass is 407 g/mol. The molecule has 1 fully saturated rings. The summed E-state index contributed by atoms with van der Waals surface area (Å²) in [6.45, 7) is 5.76. The number of hydrogen-bond donors (Lipinski definition) is 0. The van der Waals surface area contributed by atoms with Crippen molar-refractivity contribution < 1.29 is 14.3 Å². The molecule has 2 heterocycles. The molecule has 2 aromatic rings. The predicted molar refractivity (Wildman–Crippen MR) is 110 cm³/mol. The van der Waals surface area contributed by atoms with Crippen LogP contribution in [0, 0.1) is 0 Å². The van der Waals surface area contributed by atoms with E-state index >= 15 is 0 Å². The van der Waals surface area contributed by atoms with Gasteiger partial charge in [-0.3, -0.25) is 4.79 Å². The number of carbonyl (C=O) groups excluding carboxylic acids is 1. The molecule has 0 unspecified atom stereocenters. The molecule has 1 aromatic heterocycles. The van der Waals surface area contributed by atoms with E-state index in [2.05, 4.69) is 11.4 Å². The third kappa shape index (κ3) is 5.47. The van der Waals surface area contributed by atoms with Crippen molar-refractivity contribution in [2.24, 2.45) is 0 Å². The lowest BCUT2D eigenvalue weighted by Gasteiger charge is -2.39. The first-order valence-electron chi connectivity index (χ1n) is 9.31. The molecule has 0 N–H and O–H groups in total. The van der Waals surface area contributed by atoms with Gasteiger partial charge in [0.05, 0.1) is 0 Å². The predicted octanol–water partition coefficient (Wildman–Crippen LogP) is 4.81. The number of halogens is 1. The molecule has 3 rings (SSSR count). The van der Waals surface area contributed by atoms with E-state index in [1.807, 2.05) is 24.8 Å². The SMILES string of the molecule is CC(C)(Oc1ccc(Cl)cc1)C(=O)N(CCc1cccs1)C1CCOCC1. The summed E-state index contributed by atoms with van der Waals surface area (Å²) in [6.07, 6.45) is 2.60. The number of nitrogens with zero attached hydrogens (tertiary/aromatic N) is 1. The van der Waals surface area contributed by atoms with Gasteiger partial charge in [0, 0.05) is 35.7 Å². The maximum absolute atomic E-state index is 13.4. The normalized spacial score (nSPS) is 15.5. The van der Waals surface area contributed by atoms with Crippen LogP contribution in [-0.4, -0.2) is 42.2 Å². The quantitative estimate of drug-likeness (QED) is 0.661. The maximum Gasteiger partial charge on any atom is 0.266 e. The van der Waals surface area contributed by atoms with Crippen molar-refractivity contribution in [3.8, 4) is 5.75 Å². The Labute approximate surface area is 170 Å². The molecular formula is C21H26ClNO3S. The molecule has 1 aliphatic heterocycles.